The summed E-state index contributed by atoms with van der Waals surface area (Å²) >= 11 is 1.86. The number of hydrogen-bond donors (Lipinski definition) is 0. The topological polar surface area (TPSA) is 12.4 Å². The Morgan fingerprint density at radius 1 is 0.396 bits per heavy atom. The average molecular weight is 628 g/mol. The van der Waals surface area contributed by atoms with Gasteiger partial charge in [0.25, 0.3) is 0 Å². The zero-order chi connectivity index (χ0) is 31.6. The highest BCUT2D eigenvalue weighted by atomic mass is 32.1. The zero-order valence-corrected chi connectivity index (χ0v) is 26.9. The normalized spacial score (nSPS) is 14.2. The summed E-state index contributed by atoms with van der Waals surface area (Å²) in [7, 11) is 0. The number of thiophene rings is 1. The van der Waals surface area contributed by atoms with E-state index in [1.165, 1.54) is 75.1 Å². The molecule has 2 heteroatoms. The van der Waals surface area contributed by atoms with Crippen molar-refractivity contribution >= 4 is 64.5 Å². The minimum atomic E-state index is 0.00863. The molecule has 2 heterocycles. The van der Waals surface area contributed by atoms with E-state index in [0.29, 0.717) is 0 Å². The van der Waals surface area contributed by atoms with Gasteiger partial charge < -0.3 is 0 Å². The number of rotatable bonds is 4. The van der Waals surface area contributed by atoms with E-state index in [-0.39, 0.29) is 5.92 Å². The van der Waals surface area contributed by atoms with Gasteiger partial charge in [0.2, 0.25) is 0 Å². The van der Waals surface area contributed by atoms with Crippen molar-refractivity contribution in [2.24, 2.45) is 4.99 Å². The van der Waals surface area contributed by atoms with Crippen LogP contribution in [-0.2, 0) is 0 Å². The molecule has 1 aromatic heterocycles. The molecule has 48 heavy (non-hydrogen) atoms. The van der Waals surface area contributed by atoms with Crippen LogP contribution in [0.2, 0.25) is 0 Å². The van der Waals surface area contributed by atoms with Crippen molar-refractivity contribution in [3.63, 3.8) is 0 Å². The lowest BCUT2D eigenvalue weighted by Crippen LogP contribution is -2.12. The maximum Gasteiger partial charge on any atom is 0.0754 e. The first-order chi connectivity index (χ1) is 23.8. The Morgan fingerprint density at radius 3 is 1.90 bits per heavy atom. The van der Waals surface area contributed by atoms with Gasteiger partial charge in [0.15, 0.2) is 0 Å². The molecule has 0 fully saturated rings. The second kappa shape index (κ2) is 10.9. The number of fused-ring (bicyclic) bond motifs is 6. The van der Waals surface area contributed by atoms with Gasteiger partial charge in [0, 0.05) is 31.3 Å². The van der Waals surface area contributed by atoms with Gasteiger partial charge >= 0.3 is 0 Å². The number of para-hydroxylation sites is 1. The summed E-state index contributed by atoms with van der Waals surface area (Å²) in [6, 6.07) is 62.0. The Labute approximate surface area is 283 Å². The highest BCUT2D eigenvalue weighted by Crippen LogP contribution is 2.49. The molecule has 0 N–H and O–H groups in total. The van der Waals surface area contributed by atoms with Crippen molar-refractivity contribution in [2.45, 2.75) is 5.92 Å². The molecule has 1 atom stereocenters. The summed E-state index contributed by atoms with van der Waals surface area (Å²) in [5.41, 5.74) is 10.7. The monoisotopic (exact) mass is 627 g/mol. The molecule has 1 nitrogen and oxygen atoms in total. The third kappa shape index (κ3) is 4.27. The highest BCUT2D eigenvalue weighted by Gasteiger charge is 2.33. The lowest BCUT2D eigenvalue weighted by Gasteiger charge is -2.19. The van der Waals surface area contributed by atoms with E-state index in [1.807, 2.05) is 11.3 Å². The summed E-state index contributed by atoms with van der Waals surface area (Å²) in [5, 5.41) is 7.63. The molecule has 1 aliphatic rings. The molecule has 1 unspecified atom stereocenters. The summed E-state index contributed by atoms with van der Waals surface area (Å²) in [6.45, 7) is 0. The van der Waals surface area contributed by atoms with Crippen LogP contribution in [0.5, 0.6) is 0 Å². The maximum atomic E-state index is 5.60. The second-order valence-electron chi connectivity index (χ2n) is 12.7. The first-order valence-electron chi connectivity index (χ1n) is 16.5. The van der Waals surface area contributed by atoms with Gasteiger partial charge in [0.05, 0.1) is 17.3 Å². The second-order valence-corrected chi connectivity index (χ2v) is 13.7. The summed E-state index contributed by atoms with van der Waals surface area (Å²) in [4.78, 5) is 5.60. The fourth-order valence-corrected chi connectivity index (χ4v) is 8.82. The van der Waals surface area contributed by atoms with Crippen LogP contribution in [-0.4, -0.2) is 5.71 Å². The fraction of sp³-hybridized carbons (Fsp3) is 0.0217. The van der Waals surface area contributed by atoms with Crippen molar-refractivity contribution in [1.82, 2.24) is 0 Å². The van der Waals surface area contributed by atoms with Gasteiger partial charge in [-0.1, -0.05) is 146 Å². The van der Waals surface area contributed by atoms with Gasteiger partial charge in [-0.15, -0.1) is 11.3 Å². The highest BCUT2D eigenvalue weighted by molar-refractivity contribution is 7.25. The summed E-state index contributed by atoms with van der Waals surface area (Å²) in [6.07, 6.45) is 0. The Bertz CT molecular complexity index is 2740. The van der Waals surface area contributed by atoms with Crippen LogP contribution in [0.4, 0.5) is 5.69 Å². The van der Waals surface area contributed by atoms with E-state index < -0.39 is 0 Å². The van der Waals surface area contributed by atoms with Crippen LogP contribution in [0.15, 0.2) is 175 Å². The number of aliphatic imine (C=N–C) groups is 1. The van der Waals surface area contributed by atoms with Crippen LogP contribution in [0, 0.1) is 0 Å². The number of nitrogens with zero attached hydrogens (tertiary/aromatic N) is 1. The average Bonchev–Trinajstić information content (AvgIpc) is 3.73. The van der Waals surface area contributed by atoms with E-state index in [2.05, 4.69) is 170 Å². The molecule has 9 aromatic rings. The third-order valence-electron chi connectivity index (χ3n) is 9.97. The molecule has 10 rings (SSSR count). The smallest absolute Gasteiger partial charge is 0.0754 e. The first-order valence-corrected chi connectivity index (χ1v) is 17.3. The van der Waals surface area contributed by atoms with Gasteiger partial charge in [-0.25, -0.2) is 0 Å². The maximum absolute atomic E-state index is 5.60. The lowest BCUT2D eigenvalue weighted by molar-refractivity contribution is 1.13. The molecule has 224 valence electrons. The van der Waals surface area contributed by atoms with Crippen LogP contribution < -0.4 is 0 Å². The molecule has 0 radical (unpaired) electrons. The van der Waals surface area contributed by atoms with Crippen LogP contribution in [0.1, 0.15) is 22.6 Å². The van der Waals surface area contributed by atoms with E-state index in [1.54, 1.807) is 0 Å². The quantitative estimate of drug-likeness (QED) is 0.184. The molecule has 0 aliphatic carbocycles. The van der Waals surface area contributed by atoms with Crippen molar-refractivity contribution in [2.75, 3.05) is 0 Å². The van der Waals surface area contributed by atoms with Crippen LogP contribution in [0.25, 0.3) is 64.0 Å². The predicted molar refractivity (Wildman–Crippen MR) is 206 cm³/mol. The molecule has 0 saturated heterocycles. The number of benzene rings is 8. The van der Waals surface area contributed by atoms with Gasteiger partial charge in [-0.3, -0.25) is 4.99 Å². The Hall–Kier alpha value is -5.83. The Kier molecular flexibility index (Phi) is 6.18. The largest absolute Gasteiger partial charge is 0.251 e. The van der Waals surface area contributed by atoms with Crippen molar-refractivity contribution < 1.29 is 0 Å². The van der Waals surface area contributed by atoms with Gasteiger partial charge in [-0.2, -0.15) is 0 Å². The molecule has 1 aliphatic heterocycles. The molecular weight excluding hydrogens is 599 g/mol. The molecule has 8 aromatic carbocycles. The first kappa shape index (κ1) is 27.3. The fourth-order valence-electron chi connectivity index (χ4n) is 7.74. The summed E-state index contributed by atoms with van der Waals surface area (Å²) < 4.78 is 2.66. The molecular formula is C46H29NS. The van der Waals surface area contributed by atoms with E-state index >= 15 is 0 Å². The van der Waals surface area contributed by atoms with Crippen LogP contribution in [0.3, 0.4) is 0 Å². The predicted octanol–water partition coefficient (Wildman–Crippen LogP) is 13.0. The van der Waals surface area contributed by atoms with Gasteiger partial charge in [-0.05, 0) is 73.6 Å². The zero-order valence-electron chi connectivity index (χ0n) is 26.1. The van der Waals surface area contributed by atoms with Gasteiger partial charge in [0.1, 0.15) is 0 Å². The van der Waals surface area contributed by atoms with E-state index in [9.17, 15) is 0 Å². The Morgan fingerprint density at radius 2 is 1.00 bits per heavy atom. The standard InChI is InChI=1S/C46H29NS/c1-3-17-34-29(11-1)13-8-21-38(34)44-40-23-10-20-36(45(40)47-46(44)39-22-9-14-30-12-2-4-18-35(30)39)33-16-7-15-31(27-33)32-25-26-43-41(28-32)37-19-5-6-24-42(37)48-43/h1-28,44H. The van der Waals surface area contributed by atoms with Crippen molar-refractivity contribution in [3.05, 3.63) is 187 Å². The van der Waals surface area contributed by atoms with E-state index in [0.717, 1.165) is 17.0 Å². The third-order valence-corrected chi connectivity index (χ3v) is 11.1. The Balaban J connectivity index is 1.17. The minimum Gasteiger partial charge on any atom is -0.251 e. The molecule has 0 bridgehead atoms. The lowest BCUT2D eigenvalue weighted by atomic mass is 9.81. The van der Waals surface area contributed by atoms with Crippen molar-refractivity contribution in [3.8, 4) is 22.3 Å². The molecule has 0 saturated carbocycles. The SMILES string of the molecule is c1cc(-c2ccc3sc4ccccc4c3c2)cc(-c2cccc3c2N=C(c2cccc4ccccc24)C3c2cccc3ccccc23)c1. The molecule has 0 spiro atoms. The van der Waals surface area contributed by atoms with Crippen LogP contribution >= 0.6 is 11.3 Å². The number of hydrogen-bond acceptors (Lipinski definition) is 2. The summed E-state index contributed by atoms with van der Waals surface area (Å²) in [5.74, 6) is 0.00863. The van der Waals surface area contributed by atoms with E-state index in [4.69, 9.17) is 4.99 Å². The molecule has 0 amide bonds. The minimum absolute atomic E-state index is 0.00863. The van der Waals surface area contributed by atoms with Crippen molar-refractivity contribution in [1.29, 1.82) is 0 Å².